The molecule has 1 amide bonds. The Hall–Kier alpha value is -3.75. The van der Waals surface area contributed by atoms with E-state index in [9.17, 15) is 9.18 Å². The minimum absolute atomic E-state index is 0.0796. The van der Waals surface area contributed by atoms with Crippen molar-refractivity contribution >= 4 is 40.3 Å². The third-order valence-corrected chi connectivity index (χ3v) is 7.33. The van der Waals surface area contributed by atoms with E-state index in [-0.39, 0.29) is 18.3 Å². The van der Waals surface area contributed by atoms with Crippen molar-refractivity contribution in [3.63, 3.8) is 0 Å². The highest BCUT2D eigenvalue weighted by Crippen LogP contribution is 2.35. The Kier molecular flexibility index (Phi) is 7.72. The number of amides is 1. The van der Waals surface area contributed by atoms with Gasteiger partial charge in [0.05, 0.1) is 16.3 Å². The summed E-state index contributed by atoms with van der Waals surface area (Å²) in [4.78, 5) is 15.4. The lowest BCUT2D eigenvalue weighted by molar-refractivity contribution is -0.122. The number of carbonyl (C=O) groups excluding carboxylic acids is 1. The van der Waals surface area contributed by atoms with Crippen molar-refractivity contribution < 1.29 is 13.9 Å². The van der Waals surface area contributed by atoms with Crippen LogP contribution in [0.25, 0.3) is 23.0 Å². The molecular formula is C30H26FN3O2S2. The first kappa shape index (κ1) is 25.9. The molecule has 0 bridgehead atoms. The highest BCUT2D eigenvalue weighted by Gasteiger charge is 2.32. The maximum Gasteiger partial charge on any atom is 0.266 e. The van der Waals surface area contributed by atoms with Crippen LogP contribution in [0.2, 0.25) is 0 Å². The van der Waals surface area contributed by atoms with Crippen LogP contribution in [-0.4, -0.2) is 31.5 Å². The van der Waals surface area contributed by atoms with Gasteiger partial charge in [-0.1, -0.05) is 74.2 Å². The molecule has 192 valence electrons. The minimum Gasteiger partial charge on any atom is -0.489 e. The zero-order valence-electron chi connectivity index (χ0n) is 21.0. The van der Waals surface area contributed by atoms with Crippen molar-refractivity contribution in [2.24, 2.45) is 5.92 Å². The van der Waals surface area contributed by atoms with Crippen LogP contribution in [0, 0.1) is 11.7 Å². The second-order valence-electron chi connectivity index (χ2n) is 9.30. The van der Waals surface area contributed by atoms with E-state index in [1.54, 1.807) is 27.8 Å². The number of carbonyl (C=O) groups is 1. The first-order valence-electron chi connectivity index (χ1n) is 12.3. The fourth-order valence-corrected chi connectivity index (χ4v) is 5.35. The zero-order chi connectivity index (χ0) is 26.6. The summed E-state index contributed by atoms with van der Waals surface area (Å²) in [6.45, 7) is 4.85. The number of rotatable bonds is 8. The van der Waals surface area contributed by atoms with Crippen LogP contribution in [0.1, 0.15) is 25.0 Å². The molecule has 1 aliphatic rings. The van der Waals surface area contributed by atoms with Crippen LogP contribution < -0.4 is 4.74 Å². The summed E-state index contributed by atoms with van der Waals surface area (Å²) in [6.07, 6.45) is 3.78. The number of ether oxygens (including phenoxy) is 1. The standard InChI is InChI=1S/C30H26FN3O2S2/c1-20(2)17-33-29(35)27(38-30(33)37)16-23-18-34(24-9-4-3-5-10-24)32-28(23)21-12-14-25(15-13-21)36-19-22-8-6-7-11-26(22)31/h3-16,18,20H,17,19H2,1-2H3. The fraction of sp³-hybridized carbons (Fsp3) is 0.167. The van der Waals surface area contributed by atoms with Crippen molar-refractivity contribution in [1.82, 2.24) is 14.7 Å². The number of halogens is 1. The van der Waals surface area contributed by atoms with Gasteiger partial charge in [-0.3, -0.25) is 9.69 Å². The molecule has 38 heavy (non-hydrogen) atoms. The summed E-state index contributed by atoms with van der Waals surface area (Å²) >= 11 is 6.81. The maximum absolute atomic E-state index is 13.9. The molecule has 1 aliphatic heterocycles. The molecule has 0 N–H and O–H groups in total. The number of hydrogen-bond acceptors (Lipinski definition) is 5. The number of nitrogens with zero attached hydrogens (tertiary/aromatic N) is 3. The number of thiocarbonyl (C=S) groups is 1. The number of hydrogen-bond donors (Lipinski definition) is 0. The largest absolute Gasteiger partial charge is 0.489 e. The smallest absolute Gasteiger partial charge is 0.266 e. The third kappa shape index (κ3) is 5.71. The molecule has 1 aromatic heterocycles. The van der Waals surface area contributed by atoms with Crippen LogP contribution in [0.4, 0.5) is 4.39 Å². The molecule has 2 heterocycles. The van der Waals surface area contributed by atoms with Gasteiger partial charge in [0.1, 0.15) is 22.5 Å². The molecule has 4 aromatic rings. The second kappa shape index (κ2) is 11.3. The maximum atomic E-state index is 13.9. The number of thioether (sulfide) groups is 1. The second-order valence-corrected chi connectivity index (χ2v) is 11.0. The van der Waals surface area contributed by atoms with E-state index in [0.29, 0.717) is 33.0 Å². The van der Waals surface area contributed by atoms with Crippen molar-refractivity contribution in [3.8, 4) is 22.7 Å². The first-order chi connectivity index (χ1) is 18.4. The summed E-state index contributed by atoms with van der Waals surface area (Å²) < 4.78 is 22.1. The van der Waals surface area contributed by atoms with Gasteiger partial charge in [0, 0.05) is 29.4 Å². The molecule has 0 spiro atoms. The van der Waals surface area contributed by atoms with E-state index in [1.807, 2.05) is 66.9 Å². The molecule has 8 heteroatoms. The van der Waals surface area contributed by atoms with Crippen LogP contribution in [0.5, 0.6) is 5.75 Å². The normalized spacial score (nSPS) is 14.6. The van der Waals surface area contributed by atoms with E-state index >= 15 is 0 Å². The monoisotopic (exact) mass is 543 g/mol. The van der Waals surface area contributed by atoms with Gasteiger partial charge in [-0.25, -0.2) is 9.07 Å². The van der Waals surface area contributed by atoms with Crippen LogP contribution >= 0.6 is 24.0 Å². The van der Waals surface area contributed by atoms with Gasteiger partial charge in [-0.2, -0.15) is 5.10 Å². The predicted molar refractivity (Wildman–Crippen MR) is 154 cm³/mol. The highest BCUT2D eigenvalue weighted by molar-refractivity contribution is 8.26. The quantitative estimate of drug-likeness (QED) is 0.175. The zero-order valence-corrected chi connectivity index (χ0v) is 22.6. The summed E-state index contributed by atoms with van der Waals surface area (Å²) in [6, 6.07) is 23.9. The first-order valence-corrected chi connectivity index (χ1v) is 13.5. The van der Waals surface area contributed by atoms with Gasteiger partial charge < -0.3 is 4.74 Å². The van der Waals surface area contributed by atoms with E-state index in [2.05, 4.69) is 13.8 Å². The minimum atomic E-state index is -0.293. The van der Waals surface area contributed by atoms with Crippen molar-refractivity contribution in [1.29, 1.82) is 0 Å². The Bertz CT molecular complexity index is 1500. The van der Waals surface area contributed by atoms with Gasteiger partial charge in [-0.15, -0.1) is 0 Å². The van der Waals surface area contributed by atoms with E-state index in [0.717, 1.165) is 22.5 Å². The Balaban J connectivity index is 1.45. The van der Waals surface area contributed by atoms with Crippen molar-refractivity contribution in [3.05, 3.63) is 107 Å². The summed E-state index contributed by atoms with van der Waals surface area (Å²) in [7, 11) is 0. The molecular weight excluding hydrogens is 517 g/mol. The predicted octanol–water partition coefficient (Wildman–Crippen LogP) is 7.11. The summed E-state index contributed by atoms with van der Waals surface area (Å²) in [5, 5.41) is 4.85. The molecule has 0 aliphatic carbocycles. The summed E-state index contributed by atoms with van der Waals surface area (Å²) in [5.74, 6) is 0.561. The Morgan fingerprint density at radius 3 is 2.45 bits per heavy atom. The van der Waals surface area contributed by atoms with Gasteiger partial charge in [0.15, 0.2) is 0 Å². The fourth-order valence-electron chi connectivity index (χ4n) is 4.08. The summed E-state index contributed by atoms with van der Waals surface area (Å²) in [5.41, 5.74) is 3.80. The SMILES string of the molecule is CC(C)CN1C(=O)C(=Cc2cn(-c3ccccc3)nc2-c2ccc(OCc3ccccc3F)cc2)SC1=S. The molecule has 0 atom stereocenters. The van der Waals surface area contributed by atoms with Crippen LogP contribution in [-0.2, 0) is 11.4 Å². The van der Waals surface area contributed by atoms with E-state index in [4.69, 9.17) is 22.1 Å². The van der Waals surface area contributed by atoms with E-state index < -0.39 is 0 Å². The van der Waals surface area contributed by atoms with Gasteiger partial charge in [0.2, 0.25) is 0 Å². The van der Waals surface area contributed by atoms with Crippen molar-refractivity contribution in [2.45, 2.75) is 20.5 Å². The number of aromatic nitrogens is 2. The van der Waals surface area contributed by atoms with Gasteiger partial charge >= 0.3 is 0 Å². The van der Waals surface area contributed by atoms with Crippen molar-refractivity contribution in [2.75, 3.05) is 6.54 Å². The molecule has 1 fully saturated rings. The highest BCUT2D eigenvalue weighted by atomic mass is 32.2. The lowest BCUT2D eigenvalue weighted by atomic mass is 10.1. The molecule has 0 saturated carbocycles. The molecule has 3 aromatic carbocycles. The topological polar surface area (TPSA) is 47.4 Å². The number of benzene rings is 3. The molecule has 5 rings (SSSR count). The molecule has 5 nitrogen and oxygen atoms in total. The van der Waals surface area contributed by atoms with Crippen LogP contribution in [0.3, 0.4) is 0 Å². The Labute approximate surface area is 230 Å². The lowest BCUT2D eigenvalue weighted by Gasteiger charge is -2.16. The Morgan fingerprint density at radius 1 is 1.03 bits per heavy atom. The average Bonchev–Trinajstić information content (AvgIpc) is 3.45. The number of para-hydroxylation sites is 1. The molecule has 0 unspecified atom stereocenters. The Morgan fingerprint density at radius 2 is 1.74 bits per heavy atom. The van der Waals surface area contributed by atoms with Gasteiger partial charge in [-0.05, 0) is 54.5 Å². The van der Waals surface area contributed by atoms with Crippen LogP contribution in [0.15, 0.2) is 90.0 Å². The molecule has 0 radical (unpaired) electrons. The van der Waals surface area contributed by atoms with Gasteiger partial charge in [0.25, 0.3) is 5.91 Å². The third-order valence-electron chi connectivity index (χ3n) is 5.95. The van der Waals surface area contributed by atoms with E-state index in [1.165, 1.54) is 17.8 Å². The average molecular weight is 544 g/mol. The lowest BCUT2D eigenvalue weighted by Crippen LogP contribution is -2.31. The molecule has 1 saturated heterocycles.